The summed E-state index contributed by atoms with van der Waals surface area (Å²) in [7, 11) is 0. The second-order valence-electron chi connectivity index (χ2n) is 8.02. The fraction of sp³-hybridized carbons (Fsp3) is 0.160. The number of fused-ring (bicyclic) bond motifs is 1. The first-order chi connectivity index (χ1) is 16.9. The van der Waals surface area contributed by atoms with Crippen LogP contribution in [0.4, 0.5) is 5.95 Å². The van der Waals surface area contributed by atoms with Crippen molar-refractivity contribution < 1.29 is 4.79 Å². The number of amides is 1. The van der Waals surface area contributed by atoms with Crippen LogP contribution in [-0.2, 0) is 13.1 Å². The number of aryl methyl sites for hydroxylation is 2. The van der Waals surface area contributed by atoms with Gasteiger partial charge in [-0.1, -0.05) is 47.5 Å². The number of para-hydroxylation sites is 1. The smallest absolute Gasteiger partial charge is 0.258 e. The Bertz CT molecular complexity index is 1560. The molecule has 8 nitrogen and oxygen atoms in total. The van der Waals surface area contributed by atoms with Crippen LogP contribution in [0, 0.1) is 6.92 Å². The minimum Gasteiger partial charge on any atom is -0.289 e. The fourth-order valence-corrected chi connectivity index (χ4v) is 4.18. The minimum atomic E-state index is -0.322. The molecule has 0 saturated heterocycles. The van der Waals surface area contributed by atoms with Gasteiger partial charge in [0.15, 0.2) is 0 Å². The number of nitrogens with zero attached hydrogens (tertiary/aromatic N) is 6. The quantitative estimate of drug-likeness (QED) is 0.323. The lowest BCUT2D eigenvalue weighted by atomic mass is 10.0. The molecule has 35 heavy (non-hydrogen) atoms. The van der Waals surface area contributed by atoms with Crippen molar-refractivity contribution in [2.75, 3.05) is 5.32 Å². The van der Waals surface area contributed by atoms with Crippen LogP contribution in [0.25, 0.3) is 22.2 Å². The maximum Gasteiger partial charge on any atom is 0.258 e. The van der Waals surface area contributed by atoms with E-state index in [0.717, 1.165) is 34.3 Å². The van der Waals surface area contributed by atoms with Crippen LogP contribution in [0.3, 0.4) is 0 Å². The number of carbonyl (C=O) groups is 1. The second-order valence-corrected chi connectivity index (χ2v) is 8.84. The number of rotatable bonds is 6. The summed E-state index contributed by atoms with van der Waals surface area (Å²) in [6.45, 7) is 5.14. The highest BCUT2D eigenvalue weighted by Gasteiger charge is 2.18. The van der Waals surface area contributed by atoms with Crippen molar-refractivity contribution in [2.45, 2.75) is 26.9 Å². The van der Waals surface area contributed by atoms with Crippen LogP contribution in [0.15, 0.2) is 61.1 Å². The summed E-state index contributed by atoms with van der Waals surface area (Å²) in [5.41, 5.74) is 4.53. The molecule has 0 aliphatic carbocycles. The molecule has 10 heteroatoms. The van der Waals surface area contributed by atoms with Gasteiger partial charge >= 0.3 is 0 Å². The van der Waals surface area contributed by atoms with Gasteiger partial charge in [0.25, 0.3) is 5.91 Å². The first-order valence-electron chi connectivity index (χ1n) is 11.0. The van der Waals surface area contributed by atoms with Crippen LogP contribution in [0.2, 0.25) is 10.0 Å². The molecule has 3 aromatic heterocycles. The SMILES string of the molecule is CCn1cc(-c2cc(C(=O)Nc3ncn(Cc4ccc(Cl)c(Cl)c4)n3)c3ccccc3n2)c(C)n1. The lowest BCUT2D eigenvalue weighted by Crippen LogP contribution is -2.14. The molecule has 0 spiro atoms. The van der Waals surface area contributed by atoms with Crippen molar-refractivity contribution in [1.82, 2.24) is 29.5 Å². The molecule has 1 N–H and O–H groups in total. The predicted molar refractivity (Wildman–Crippen MR) is 137 cm³/mol. The summed E-state index contributed by atoms with van der Waals surface area (Å²) in [4.78, 5) is 22.3. The van der Waals surface area contributed by atoms with Crippen LogP contribution in [-0.4, -0.2) is 35.4 Å². The van der Waals surface area contributed by atoms with Crippen molar-refractivity contribution in [3.63, 3.8) is 0 Å². The number of aromatic nitrogens is 6. The number of carbonyl (C=O) groups excluding carboxylic acids is 1. The molecule has 0 bridgehead atoms. The molecule has 5 rings (SSSR count). The summed E-state index contributed by atoms with van der Waals surface area (Å²) >= 11 is 12.1. The highest BCUT2D eigenvalue weighted by atomic mass is 35.5. The number of pyridine rings is 1. The van der Waals surface area contributed by atoms with Gasteiger partial charge in [-0.3, -0.25) is 14.8 Å². The number of benzene rings is 2. The topological polar surface area (TPSA) is 90.5 Å². The van der Waals surface area contributed by atoms with Gasteiger partial charge in [0.1, 0.15) is 6.33 Å². The summed E-state index contributed by atoms with van der Waals surface area (Å²) in [5.74, 6) is -0.120. The van der Waals surface area contributed by atoms with Gasteiger partial charge in [0.2, 0.25) is 5.95 Å². The van der Waals surface area contributed by atoms with E-state index in [-0.39, 0.29) is 11.9 Å². The lowest BCUT2D eigenvalue weighted by Gasteiger charge is -2.09. The molecule has 2 aromatic carbocycles. The summed E-state index contributed by atoms with van der Waals surface area (Å²) < 4.78 is 3.47. The third-order valence-electron chi connectivity index (χ3n) is 5.60. The number of hydrogen-bond donors (Lipinski definition) is 1. The highest BCUT2D eigenvalue weighted by Crippen LogP contribution is 2.27. The number of halogens is 2. The standard InChI is InChI=1S/C25H21Cl2N7O/c1-3-33-13-19(15(2)31-33)23-11-18(17-6-4-5-7-22(17)29-23)24(35)30-25-28-14-34(32-25)12-16-8-9-20(26)21(27)10-16/h4-11,13-14H,3,12H2,1-2H3,(H,30,32,35). The Labute approximate surface area is 211 Å². The van der Waals surface area contributed by atoms with E-state index < -0.39 is 0 Å². The monoisotopic (exact) mass is 505 g/mol. The van der Waals surface area contributed by atoms with Gasteiger partial charge in [-0.2, -0.15) is 5.10 Å². The maximum absolute atomic E-state index is 13.3. The molecule has 0 unspecified atom stereocenters. The first-order valence-corrected chi connectivity index (χ1v) is 11.8. The molecule has 1 amide bonds. The van der Waals surface area contributed by atoms with Gasteiger partial charge in [-0.25, -0.2) is 14.6 Å². The normalized spacial score (nSPS) is 11.2. The molecule has 0 atom stereocenters. The van der Waals surface area contributed by atoms with Crippen LogP contribution in [0.1, 0.15) is 28.5 Å². The number of hydrogen-bond acceptors (Lipinski definition) is 5. The predicted octanol–water partition coefficient (Wildman–Crippen LogP) is 5.63. The Morgan fingerprint density at radius 2 is 1.86 bits per heavy atom. The van der Waals surface area contributed by atoms with Gasteiger partial charge in [0.05, 0.1) is 39.1 Å². The second kappa shape index (κ2) is 9.48. The van der Waals surface area contributed by atoms with Gasteiger partial charge in [0, 0.05) is 23.7 Å². The van der Waals surface area contributed by atoms with E-state index in [2.05, 4.69) is 20.5 Å². The molecule has 0 aliphatic rings. The zero-order valence-corrected chi connectivity index (χ0v) is 20.5. The number of nitrogens with one attached hydrogen (secondary N) is 1. The molecule has 5 aromatic rings. The third-order valence-corrected chi connectivity index (χ3v) is 6.34. The first kappa shape index (κ1) is 23.0. The van der Waals surface area contributed by atoms with Crippen LogP contribution < -0.4 is 5.32 Å². The van der Waals surface area contributed by atoms with E-state index in [1.54, 1.807) is 29.2 Å². The molecule has 3 heterocycles. The summed E-state index contributed by atoms with van der Waals surface area (Å²) in [6, 6.07) is 14.7. The van der Waals surface area contributed by atoms with E-state index in [1.807, 2.05) is 55.1 Å². The lowest BCUT2D eigenvalue weighted by molar-refractivity contribution is 0.102. The maximum atomic E-state index is 13.3. The molecular formula is C25H21Cl2N7O. The highest BCUT2D eigenvalue weighted by molar-refractivity contribution is 6.42. The molecule has 176 valence electrons. The zero-order valence-electron chi connectivity index (χ0n) is 19.0. The van der Waals surface area contributed by atoms with Crippen LogP contribution in [0.5, 0.6) is 0 Å². The van der Waals surface area contributed by atoms with Crippen molar-refractivity contribution >= 4 is 46.0 Å². The Kier molecular flexibility index (Phi) is 6.23. The average Bonchev–Trinajstić information content (AvgIpc) is 3.46. The Morgan fingerprint density at radius 1 is 1.03 bits per heavy atom. The van der Waals surface area contributed by atoms with E-state index in [0.29, 0.717) is 27.8 Å². The Balaban J connectivity index is 1.44. The van der Waals surface area contributed by atoms with Crippen molar-refractivity contribution in [2.24, 2.45) is 0 Å². The zero-order chi connectivity index (χ0) is 24.5. The third kappa shape index (κ3) is 4.76. The van der Waals surface area contributed by atoms with Crippen molar-refractivity contribution in [3.05, 3.63) is 87.9 Å². The van der Waals surface area contributed by atoms with Gasteiger partial charge < -0.3 is 0 Å². The molecular weight excluding hydrogens is 485 g/mol. The number of anilines is 1. The van der Waals surface area contributed by atoms with E-state index in [9.17, 15) is 4.79 Å². The Hall–Kier alpha value is -3.75. The van der Waals surface area contributed by atoms with Crippen LogP contribution >= 0.6 is 23.2 Å². The molecule has 0 aliphatic heterocycles. The van der Waals surface area contributed by atoms with Gasteiger partial charge in [-0.15, -0.1) is 5.10 Å². The average molecular weight is 506 g/mol. The van der Waals surface area contributed by atoms with E-state index in [1.165, 1.54) is 0 Å². The molecule has 0 radical (unpaired) electrons. The fourth-order valence-electron chi connectivity index (χ4n) is 3.85. The van der Waals surface area contributed by atoms with Crippen molar-refractivity contribution in [1.29, 1.82) is 0 Å². The Morgan fingerprint density at radius 3 is 2.63 bits per heavy atom. The van der Waals surface area contributed by atoms with Crippen molar-refractivity contribution in [3.8, 4) is 11.3 Å². The largest absolute Gasteiger partial charge is 0.289 e. The molecule has 0 saturated carbocycles. The molecule has 0 fully saturated rings. The summed E-state index contributed by atoms with van der Waals surface area (Å²) in [5, 5.41) is 13.4. The van der Waals surface area contributed by atoms with E-state index >= 15 is 0 Å². The van der Waals surface area contributed by atoms with Gasteiger partial charge in [-0.05, 0) is 43.7 Å². The van der Waals surface area contributed by atoms with E-state index in [4.69, 9.17) is 28.2 Å². The minimum absolute atomic E-state index is 0.201. The summed E-state index contributed by atoms with van der Waals surface area (Å²) in [6.07, 6.45) is 3.50.